The molecule has 1 aliphatic carbocycles. The molecule has 30 nitrogen and oxygen atoms in total. The minimum Gasteiger partial charge on any atom is -0.496 e. The maximum absolute atomic E-state index is 13.5. The smallest absolute Gasteiger partial charge is 0.451 e. The molecule has 0 saturated heterocycles. The van der Waals surface area contributed by atoms with Gasteiger partial charge in [0.15, 0.2) is 15.6 Å². The van der Waals surface area contributed by atoms with Crippen LogP contribution in [0.25, 0.3) is 11.1 Å². The Morgan fingerprint density at radius 3 is 1.84 bits per heavy atom. The zero-order valence-electron chi connectivity index (χ0n) is 60.4. The highest BCUT2D eigenvalue weighted by Crippen LogP contribution is 2.38. The number of aryl methyl sites for hydroxylation is 4. The van der Waals surface area contributed by atoms with Gasteiger partial charge in [0.2, 0.25) is 17.7 Å². The Bertz CT molecular complexity index is 5290. The average Bonchev–Trinajstić information content (AvgIpc) is 1.62. The van der Waals surface area contributed by atoms with Crippen molar-refractivity contribution in [2.24, 2.45) is 17.6 Å². The molecular formula is C70H76F6N12O18S3. The van der Waals surface area contributed by atoms with Crippen molar-refractivity contribution in [2.45, 2.75) is 127 Å². The largest absolute Gasteiger partial charge is 0.496 e. The fourth-order valence-electron chi connectivity index (χ4n) is 10.9. The van der Waals surface area contributed by atoms with Crippen LogP contribution in [0.1, 0.15) is 130 Å². The molecule has 3 aliphatic rings. The number of nitrogens with zero attached hydrogens (tertiary/aromatic N) is 7. The lowest BCUT2D eigenvalue weighted by Gasteiger charge is -2.19. The summed E-state index contributed by atoms with van der Waals surface area (Å²) in [5.74, 6) is -4.06. The SMILES string of the molecule is CCc1cc(C)cc(CC)c1-c1c(OC(=O)C(C)(C)C)n2n(c1=O)CCOCC2.COc1ccccc1C(=O)NS(=O)(=O)c1ccc(C(=O)NC2CC2)cc1.COc1nc(NC(=O)NS(=O)(=O)c2ccccc2C(F)(F)F)nc(C(F)(F)F)n1.Cc1c(C(=O)c2c[nH]n(C)c2=O)ccc(S(C)(=O)=O)c1C1=NOCC1. The van der Waals surface area contributed by atoms with Crippen molar-refractivity contribution in [2.75, 3.05) is 45.6 Å². The number of sulfone groups is 1. The lowest BCUT2D eigenvalue weighted by molar-refractivity contribution is -0.145. The van der Waals surface area contributed by atoms with Crippen LogP contribution < -0.4 is 45.4 Å². The van der Waals surface area contributed by atoms with E-state index >= 15 is 0 Å². The number of benzene rings is 5. The summed E-state index contributed by atoms with van der Waals surface area (Å²) >= 11 is 0. The minimum atomic E-state index is -5.05. The van der Waals surface area contributed by atoms with E-state index < -0.39 is 99.2 Å². The summed E-state index contributed by atoms with van der Waals surface area (Å²) in [6, 6.07) is 19.4. The second kappa shape index (κ2) is 34.0. The number of hydrogen-bond acceptors (Lipinski definition) is 22. The van der Waals surface area contributed by atoms with E-state index in [1.165, 1.54) is 77.8 Å². The number of ketones is 1. The molecule has 4 amide bonds. The number of ether oxygens (including phenoxy) is 4. The molecule has 0 spiro atoms. The van der Waals surface area contributed by atoms with Gasteiger partial charge in [-0.1, -0.05) is 61.0 Å². The first-order valence-corrected chi connectivity index (χ1v) is 38.0. The highest BCUT2D eigenvalue weighted by Gasteiger charge is 2.40. The first-order chi connectivity index (χ1) is 51.0. The standard InChI is InChI=1S/C23H32N2O4.C18H18N2O5S.C16H17N3O5S.C13H9F6N5O4S/c1-7-16-13-15(3)14-17(8-2)18(16)19-20(26)24-9-11-28-12-10-25(24)21(19)29-22(27)23(4,5)6;1-25-16-5-3-2-4-15(16)18(22)20-26(23,24)14-10-6-12(7-11-14)17(21)19-13-8-9-13;1-9-10(15(20)11-8-17-19(2)16(11)21)4-5-13(25(3,22)23)14(9)12-6-7-24-18-12;1-28-11-21-8(13(17,18)19)20-9(23-11)22-10(25)24-29(26,27)7-5-3-2-4-6(7)12(14,15)16/h13-14H,7-12H2,1-6H3;2-7,10-11,13H,8-9H2,1H3,(H,19,21)(H,20,22);4-5,8,17H,6-7H2,1-3H3;2-5H,1H3,(H2,20,21,22,23,24,25). The van der Waals surface area contributed by atoms with Gasteiger partial charge in [0, 0.05) is 48.7 Å². The van der Waals surface area contributed by atoms with E-state index in [2.05, 4.69) is 68.2 Å². The van der Waals surface area contributed by atoms with Crippen molar-refractivity contribution >= 4 is 71.1 Å². The molecule has 5 heterocycles. The van der Waals surface area contributed by atoms with Gasteiger partial charge in [0.1, 0.15) is 23.5 Å². The predicted molar refractivity (Wildman–Crippen MR) is 381 cm³/mol. The Morgan fingerprint density at radius 1 is 0.670 bits per heavy atom. The third-order valence-corrected chi connectivity index (χ3v) is 20.3. The molecule has 5 N–H and O–H groups in total. The highest BCUT2D eigenvalue weighted by atomic mass is 32.2. The van der Waals surface area contributed by atoms with Gasteiger partial charge in [0.25, 0.3) is 43.0 Å². The van der Waals surface area contributed by atoms with Gasteiger partial charge in [-0.15, -0.1) is 0 Å². The fraction of sp³-hybridized carbons (Fsp3) is 0.357. The summed E-state index contributed by atoms with van der Waals surface area (Å²) in [4.78, 5) is 99.9. The van der Waals surface area contributed by atoms with E-state index in [1.807, 2.05) is 25.5 Å². The molecule has 39 heteroatoms. The molecule has 1 fully saturated rings. The number of amides is 4. The van der Waals surface area contributed by atoms with Crippen molar-refractivity contribution in [3.05, 3.63) is 185 Å². The topological polar surface area (TPSA) is 398 Å². The Hall–Kier alpha value is -11.1. The number of aromatic amines is 1. The fourth-order valence-corrected chi connectivity index (χ4v) is 13.9. The van der Waals surface area contributed by atoms with Crippen LogP contribution in [0, 0.1) is 19.3 Å². The number of halogens is 6. The third-order valence-electron chi connectivity index (χ3n) is 16.4. The van der Waals surface area contributed by atoms with Crippen LogP contribution in [-0.2, 0) is 89.6 Å². The van der Waals surface area contributed by atoms with Gasteiger partial charge in [-0.25, -0.2) is 48.9 Å². The number of oxime groups is 1. The maximum atomic E-state index is 13.5. The molecule has 11 rings (SSSR count). The number of nitrogens with one attached hydrogen (secondary N) is 5. The summed E-state index contributed by atoms with van der Waals surface area (Å²) in [5, 5.41) is 10.9. The van der Waals surface area contributed by atoms with Gasteiger partial charge in [-0.3, -0.25) is 38.8 Å². The number of esters is 1. The number of sulfonamides is 2. The number of carbonyl (C=O) groups excluding carboxylic acids is 5. The molecule has 109 heavy (non-hydrogen) atoms. The lowest BCUT2D eigenvalue weighted by Crippen LogP contribution is -2.36. The normalized spacial score (nSPS) is 13.7. The van der Waals surface area contributed by atoms with E-state index in [1.54, 1.807) is 39.8 Å². The van der Waals surface area contributed by atoms with E-state index in [0.717, 1.165) is 67.9 Å². The molecule has 584 valence electrons. The van der Waals surface area contributed by atoms with Crippen LogP contribution in [0.15, 0.2) is 133 Å². The molecule has 8 aromatic rings. The van der Waals surface area contributed by atoms with Crippen molar-refractivity contribution in [1.29, 1.82) is 0 Å². The first kappa shape index (κ1) is 83.6. The van der Waals surface area contributed by atoms with E-state index in [0.29, 0.717) is 85.3 Å². The molecule has 0 unspecified atom stereocenters. The number of anilines is 1. The monoisotopic (exact) mass is 1580 g/mol. The zero-order chi connectivity index (χ0) is 80.5. The number of carbonyl (C=O) groups is 5. The maximum Gasteiger partial charge on any atom is 0.451 e. The molecule has 0 bridgehead atoms. The molecule has 0 atom stereocenters. The number of methoxy groups -OCH3 is 2. The van der Waals surface area contributed by atoms with Crippen molar-refractivity contribution < 1.29 is 99.4 Å². The zero-order valence-corrected chi connectivity index (χ0v) is 62.9. The van der Waals surface area contributed by atoms with Crippen molar-refractivity contribution in [1.82, 2.24) is 48.9 Å². The Kier molecular flexibility index (Phi) is 26.1. The van der Waals surface area contributed by atoms with Gasteiger partial charge >= 0.3 is 30.4 Å². The van der Waals surface area contributed by atoms with Gasteiger partial charge in [-0.2, -0.15) is 41.3 Å². The van der Waals surface area contributed by atoms with Crippen LogP contribution in [0.5, 0.6) is 17.6 Å². The van der Waals surface area contributed by atoms with E-state index in [9.17, 15) is 85.2 Å². The quantitative estimate of drug-likeness (QED) is 0.0304. The number of H-pyrrole nitrogens is 1. The number of urea groups is 1. The third kappa shape index (κ3) is 20.4. The minimum absolute atomic E-state index is 0.00623. The number of para-hydroxylation sites is 1. The summed E-state index contributed by atoms with van der Waals surface area (Å²) in [6.07, 6.45) is -3.69. The second-order valence-corrected chi connectivity index (χ2v) is 30.8. The van der Waals surface area contributed by atoms with Crippen LogP contribution in [-0.4, -0.2) is 141 Å². The molecular weight excluding hydrogens is 1510 g/mol. The van der Waals surface area contributed by atoms with Crippen LogP contribution in [0.3, 0.4) is 0 Å². The number of rotatable bonds is 18. The Balaban J connectivity index is 0.000000183. The molecule has 3 aromatic heterocycles. The molecule has 0 radical (unpaired) electrons. The van der Waals surface area contributed by atoms with Crippen molar-refractivity contribution in [3.8, 4) is 28.8 Å². The number of aromatic nitrogens is 7. The first-order valence-electron chi connectivity index (χ1n) is 33.1. The predicted octanol–water partition coefficient (Wildman–Crippen LogP) is 8.65. The molecule has 2 aliphatic heterocycles. The van der Waals surface area contributed by atoms with Gasteiger partial charge in [0.05, 0.1) is 77.5 Å². The van der Waals surface area contributed by atoms with Crippen molar-refractivity contribution in [3.63, 3.8) is 0 Å². The van der Waals surface area contributed by atoms with Crippen LogP contribution in [0.4, 0.5) is 37.1 Å². The average molecular weight is 1580 g/mol. The van der Waals surface area contributed by atoms with E-state index in [-0.39, 0.29) is 55.7 Å². The number of hydrogen-bond donors (Lipinski definition) is 5. The Morgan fingerprint density at radius 2 is 1.29 bits per heavy atom. The van der Waals surface area contributed by atoms with Gasteiger partial charge in [-0.05, 0) is 143 Å². The summed E-state index contributed by atoms with van der Waals surface area (Å²) < 4.78 is 179. The van der Waals surface area contributed by atoms with Crippen LogP contribution >= 0.6 is 0 Å². The summed E-state index contributed by atoms with van der Waals surface area (Å²) in [5.41, 5.74) is 4.03. The molecule has 5 aromatic carbocycles. The lowest BCUT2D eigenvalue weighted by atomic mass is 9.91. The van der Waals surface area contributed by atoms with E-state index in [4.69, 9.17) is 19.0 Å². The highest BCUT2D eigenvalue weighted by molar-refractivity contribution is 7.91. The summed E-state index contributed by atoms with van der Waals surface area (Å²) in [6.45, 7) is 15.5. The summed E-state index contributed by atoms with van der Waals surface area (Å²) in [7, 11) is -8.83. The number of alkyl halides is 6. The number of fused-ring (bicyclic) bond motifs is 1. The Labute approximate surface area is 620 Å². The van der Waals surface area contributed by atoms with Crippen LogP contribution in [0.2, 0.25) is 0 Å². The second-order valence-electron chi connectivity index (χ2n) is 25.5. The van der Waals surface area contributed by atoms with Gasteiger partial charge < -0.3 is 34.2 Å². The molecule has 1 saturated carbocycles.